The van der Waals surface area contributed by atoms with Crippen LogP contribution < -0.4 is 5.32 Å². The molecule has 2 aromatic rings. The van der Waals surface area contributed by atoms with Crippen LogP contribution in [-0.4, -0.2) is 62.2 Å². The van der Waals surface area contributed by atoms with E-state index >= 15 is 0 Å². The molecule has 0 saturated heterocycles. The molecule has 0 spiro atoms. The van der Waals surface area contributed by atoms with Crippen LogP contribution in [0.3, 0.4) is 0 Å². The summed E-state index contributed by atoms with van der Waals surface area (Å²) in [4.78, 5) is 19.2. The zero-order valence-corrected chi connectivity index (χ0v) is 18.9. The molecular weight excluding hydrogens is 412 g/mol. The van der Waals surface area contributed by atoms with E-state index in [1.165, 1.54) is 0 Å². The second kappa shape index (κ2) is 9.12. The van der Waals surface area contributed by atoms with E-state index in [4.69, 9.17) is 4.74 Å². The number of likely N-dealkylation sites (N-methyl/N-ethyl adjacent to an activating group) is 1. The number of aromatic nitrogens is 2. The van der Waals surface area contributed by atoms with Gasteiger partial charge in [-0.2, -0.15) is 0 Å². The lowest BCUT2D eigenvalue weighted by molar-refractivity contribution is 0.0801. The van der Waals surface area contributed by atoms with Crippen molar-refractivity contribution in [1.82, 2.24) is 19.8 Å². The van der Waals surface area contributed by atoms with Crippen LogP contribution in [0.25, 0.3) is 11.0 Å². The molecule has 1 amide bonds. The van der Waals surface area contributed by atoms with E-state index in [2.05, 4.69) is 45.9 Å². The lowest BCUT2D eigenvalue weighted by atomic mass is 10.3. The molecule has 0 radical (unpaired) electrons. The van der Waals surface area contributed by atoms with Gasteiger partial charge in [0.25, 0.3) is 5.91 Å². The van der Waals surface area contributed by atoms with Crippen molar-refractivity contribution in [3.05, 3.63) is 28.5 Å². The van der Waals surface area contributed by atoms with E-state index in [-0.39, 0.29) is 5.91 Å². The first-order chi connectivity index (χ1) is 12.2. The van der Waals surface area contributed by atoms with Gasteiger partial charge in [0.15, 0.2) is 0 Å². The molecule has 6 nitrogen and oxygen atoms in total. The van der Waals surface area contributed by atoms with E-state index in [0.717, 1.165) is 28.1 Å². The van der Waals surface area contributed by atoms with Gasteiger partial charge >= 0.3 is 0 Å². The lowest BCUT2D eigenvalue weighted by Gasteiger charge is -2.16. The summed E-state index contributed by atoms with van der Waals surface area (Å²) in [5, 5.41) is 2.94. The number of rotatable bonds is 9. The maximum Gasteiger partial charge on any atom is 0.287 e. The summed E-state index contributed by atoms with van der Waals surface area (Å²) < 4.78 is 8.68. The average molecular weight is 441 g/mol. The van der Waals surface area contributed by atoms with Crippen LogP contribution in [-0.2, 0) is 11.5 Å². The summed E-state index contributed by atoms with van der Waals surface area (Å²) in [7, 11) is 2.81. The number of carbonyl (C=O) groups excluding carboxylic acids is 1. The first-order valence-corrected chi connectivity index (χ1v) is 13.3. The van der Waals surface area contributed by atoms with Gasteiger partial charge < -0.3 is 15.0 Å². The highest BCUT2D eigenvalue weighted by Crippen LogP contribution is 2.21. The Hall–Kier alpha value is -1.22. The number of nitrogens with zero attached hydrogens (tertiary/aromatic N) is 3. The first-order valence-electron chi connectivity index (χ1n) is 8.84. The number of imidazole rings is 1. The van der Waals surface area contributed by atoms with Crippen molar-refractivity contribution >= 4 is 40.9 Å². The van der Waals surface area contributed by atoms with Gasteiger partial charge in [-0.3, -0.25) is 9.36 Å². The van der Waals surface area contributed by atoms with Crippen molar-refractivity contribution in [2.45, 2.75) is 32.4 Å². The van der Waals surface area contributed by atoms with Gasteiger partial charge in [-0.1, -0.05) is 35.6 Å². The molecule has 0 fully saturated rings. The number of hydrogen-bond acceptors (Lipinski definition) is 4. The summed E-state index contributed by atoms with van der Waals surface area (Å²) in [6, 6.07) is 6.93. The smallest absolute Gasteiger partial charge is 0.287 e. The number of nitrogens with one attached hydrogen (secondary N) is 1. The minimum Gasteiger partial charge on any atom is -0.361 e. The molecule has 2 rings (SSSR count). The highest BCUT2D eigenvalue weighted by atomic mass is 79.9. The average Bonchev–Trinajstić information content (AvgIpc) is 2.88. The van der Waals surface area contributed by atoms with Crippen molar-refractivity contribution in [3.8, 4) is 0 Å². The zero-order chi connectivity index (χ0) is 19.3. The molecule has 0 aliphatic carbocycles. The minimum atomic E-state index is -1.14. The lowest BCUT2D eigenvalue weighted by Crippen LogP contribution is -2.33. The summed E-state index contributed by atoms with van der Waals surface area (Å²) in [5.74, 6) is 0.220. The van der Waals surface area contributed by atoms with Gasteiger partial charge in [0.05, 0.1) is 11.0 Å². The molecule has 26 heavy (non-hydrogen) atoms. The topological polar surface area (TPSA) is 59.4 Å². The molecule has 1 heterocycles. The highest BCUT2D eigenvalue weighted by molar-refractivity contribution is 9.10. The van der Waals surface area contributed by atoms with Gasteiger partial charge in [-0.25, -0.2) is 4.98 Å². The molecule has 1 N–H and O–H groups in total. The van der Waals surface area contributed by atoms with Crippen LogP contribution >= 0.6 is 15.9 Å². The second-order valence-corrected chi connectivity index (χ2v) is 14.4. The maximum atomic E-state index is 12.6. The Morgan fingerprint density at radius 3 is 2.73 bits per heavy atom. The molecule has 0 aliphatic rings. The largest absolute Gasteiger partial charge is 0.361 e. The number of fused-ring (bicyclic) bond motifs is 1. The van der Waals surface area contributed by atoms with Gasteiger partial charge in [0.2, 0.25) is 5.82 Å². The van der Waals surface area contributed by atoms with Crippen molar-refractivity contribution in [1.29, 1.82) is 0 Å². The second-order valence-electron chi connectivity index (χ2n) is 7.90. The van der Waals surface area contributed by atoms with Crippen molar-refractivity contribution < 1.29 is 9.53 Å². The van der Waals surface area contributed by atoms with Gasteiger partial charge in [-0.15, -0.1) is 0 Å². The van der Waals surface area contributed by atoms with Crippen LogP contribution in [0.1, 0.15) is 10.6 Å². The van der Waals surface area contributed by atoms with Crippen LogP contribution in [0.4, 0.5) is 0 Å². The maximum absolute atomic E-state index is 12.6. The van der Waals surface area contributed by atoms with Crippen LogP contribution in [0, 0.1) is 0 Å². The van der Waals surface area contributed by atoms with E-state index < -0.39 is 8.07 Å². The number of amides is 1. The van der Waals surface area contributed by atoms with Crippen LogP contribution in [0.2, 0.25) is 25.7 Å². The minimum absolute atomic E-state index is 0.173. The van der Waals surface area contributed by atoms with E-state index in [0.29, 0.717) is 25.7 Å². The predicted octanol–water partition coefficient (Wildman–Crippen LogP) is 3.40. The van der Waals surface area contributed by atoms with Gasteiger partial charge in [-0.05, 0) is 38.3 Å². The fourth-order valence-corrected chi connectivity index (χ4v) is 3.52. The van der Waals surface area contributed by atoms with Crippen molar-refractivity contribution in [3.63, 3.8) is 0 Å². The fraction of sp³-hybridized carbons (Fsp3) is 0.556. The van der Waals surface area contributed by atoms with Gasteiger partial charge in [0, 0.05) is 32.2 Å². The molecule has 0 unspecified atom stereocenters. The fourth-order valence-electron chi connectivity index (χ4n) is 2.41. The van der Waals surface area contributed by atoms with Crippen molar-refractivity contribution in [2.75, 3.05) is 33.8 Å². The summed E-state index contributed by atoms with van der Waals surface area (Å²) in [5.41, 5.74) is 1.69. The Morgan fingerprint density at radius 2 is 2.08 bits per heavy atom. The Kier molecular flexibility index (Phi) is 7.39. The third-order valence-electron chi connectivity index (χ3n) is 3.97. The molecular formula is C18H29BrN4O2Si. The Bertz CT molecular complexity index is 755. The van der Waals surface area contributed by atoms with E-state index in [9.17, 15) is 4.79 Å². The number of hydrogen-bond donors (Lipinski definition) is 1. The summed E-state index contributed by atoms with van der Waals surface area (Å²) >= 11 is 3.46. The first kappa shape index (κ1) is 21.1. The number of benzene rings is 1. The molecule has 8 heteroatoms. The number of ether oxygens (including phenoxy) is 1. The molecule has 144 valence electrons. The standard InChI is InChI=1S/C18H29BrN4O2Si/c1-22(2)9-8-20-18(24)17-21-15-12-14(19)6-7-16(15)23(17)13-25-10-11-26(3,4)5/h6-7,12H,8-11,13H2,1-5H3,(H,20,24). The van der Waals surface area contributed by atoms with E-state index in [1.54, 1.807) is 0 Å². The number of halogens is 1. The molecule has 0 atom stereocenters. The predicted molar refractivity (Wildman–Crippen MR) is 112 cm³/mol. The molecule has 0 aliphatic heterocycles. The summed E-state index contributed by atoms with van der Waals surface area (Å²) in [6.07, 6.45) is 0. The molecule has 0 bridgehead atoms. The van der Waals surface area contributed by atoms with Gasteiger partial charge in [0.1, 0.15) is 6.73 Å². The quantitative estimate of drug-likeness (QED) is 0.479. The molecule has 1 aromatic carbocycles. The van der Waals surface area contributed by atoms with E-state index in [1.807, 2.05) is 41.8 Å². The zero-order valence-electron chi connectivity index (χ0n) is 16.3. The Morgan fingerprint density at radius 1 is 1.35 bits per heavy atom. The Labute approximate surface area is 165 Å². The van der Waals surface area contributed by atoms with Crippen LogP contribution in [0.5, 0.6) is 0 Å². The SMILES string of the molecule is CN(C)CCNC(=O)c1nc2cc(Br)ccc2n1COCC[Si](C)(C)C. The van der Waals surface area contributed by atoms with Crippen LogP contribution in [0.15, 0.2) is 22.7 Å². The Balaban J connectivity index is 2.17. The highest BCUT2D eigenvalue weighted by Gasteiger charge is 2.18. The molecule has 0 saturated carbocycles. The molecule has 1 aromatic heterocycles. The number of carbonyl (C=O) groups is 1. The monoisotopic (exact) mass is 440 g/mol. The van der Waals surface area contributed by atoms with Crippen molar-refractivity contribution in [2.24, 2.45) is 0 Å². The third kappa shape index (κ3) is 6.19. The normalized spacial score (nSPS) is 12.1. The third-order valence-corrected chi connectivity index (χ3v) is 6.17. The summed E-state index contributed by atoms with van der Waals surface area (Å²) in [6.45, 7) is 9.37.